The maximum atomic E-state index is 13.0. The standard InChI is InChI=1S/C20H29NO9/c1-12(2)15-11-29-20(27)21(15)19(26)18(28-4)17(30-13(3)23)16(25)9-8-14(24)7-5-6-10-22/h8-9,12,15,17-18,22H,5-7,10-11H2,1-4H3. The van der Waals surface area contributed by atoms with Crippen molar-refractivity contribution in [3.63, 3.8) is 0 Å². The number of ketones is 2. The van der Waals surface area contributed by atoms with Crippen LogP contribution in [0.5, 0.6) is 0 Å². The molecule has 30 heavy (non-hydrogen) atoms. The van der Waals surface area contributed by atoms with Crippen molar-refractivity contribution in [3.05, 3.63) is 12.2 Å². The number of methoxy groups -OCH3 is 1. The van der Waals surface area contributed by atoms with Gasteiger partial charge in [0.05, 0.1) is 6.04 Å². The number of aliphatic hydroxyl groups is 1. The lowest BCUT2D eigenvalue weighted by atomic mass is 10.0. The quantitative estimate of drug-likeness (QED) is 0.272. The largest absolute Gasteiger partial charge is 0.451 e. The number of ether oxygens (including phenoxy) is 3. The number of esters is 1. The Bertz CT molecular complexity index is 686. The summed E-state index contributed by atoms with van der Waals surface area (Å²) < 4.78 is 15.1. The van der Waals surface area contributed by atoms with Crippen LogP contribution in [0.3, 0.4) is 0 Å². The van der Waals surface area contributed by atoms with Crippen molar-refractivity contribution in [2.24, 2.45) is 5.92 Å². The van der Waals surface area contributed by atoms with Gasteiger partial charge in [0.1, 0.15) is 6.61 Å². The molecule has 0 bridgehead atoms. The Morgan fingerprint density at radius 2 is 1.87 bits per heavy atom. The van der Waals surface area contributed by atoms with Crippen molar-refractivity contribution in [3.8, 4) is 0 Å². The molecular weight excluding hydrogens is 398 g/mol. The summed E-state index contributed by atoms with van der Waals surface area (Å²) in [5, 5.41) is 8.74. The molecule has 0 radical (unpaired) electrons. The number of cyclic esters (lactones) is 1. The number of hydrogen-bond donors (Lipinski definition) is 1. The van der Waals surface area contributed by atoms with Crippen molar-refractivity contribution in [2.75, 3.05) is 20.3 Å². The van der Waals surface area contributed by atoms with Crippen molar-refractivity contribution < 1.29 is 43.3 Å². The van der Waals surface area contributed by atoms with Gasteiger partial charge in [0.2, 0.25) is 0 Å². The predicted molar refractivity (Wildman–Crippen MR) is 103 cm³/mol. The van der Waals surface area contributed by atoms with E-state index in [1.807, 2.05) is 0 Å². The third-order valence-electron chi connectivity index (χ3n) is 4.52. The molecule has 0 aromatic carbocycles. The summed E-state index contributed by atoms with van der Waals surface area (Å²) in [7, 11) is 1.14. The summed E-state index contributed by atoms with van der Waals surface area (Å²) in [6, 6.07) is -0.556. The fraction of sp³-hybridized carbons (Fsp3) is 0.650. The van der Waals surface area contributed by atoms with E-state index in [-0.39, 0.29) is 31.3 Å². The third kappa shape index (κ3) is 7.03. The lowest BCUT2D eigenvalue weighted by Gasteiger charge is -2.29. The van der Waals surface area contributed by atoms with Gasteiger partial charge in [-0.3, -0.25) is 19.2 Å². The van der Waals surface area contributed by atoms with E-state index in [4.69, 9.17) is 19.3 Å². The van der Waals surface area contributed by atoms with Crippen LogP contribution in [0.2, 0.25) is 0 Å². The molecule has 1 N–H and O–H groups in total. The minimum Gasteiger partial charge on any atom is -0.451 e. The van der Waals surface area contributed by atoms with Gasteiger partial charge in [0.15, 0.2) is 23.8 Å². The number of carbonyl (C=O) groups excluding carboxylic acids is 5. The second kappa shape index (κ2) is 12.2. The molecule has 0 aliphatic carbocycles. The topological polar surface area (TPSA) is 137 Å². The highest BCUT2D eigenvalue weighted by Gasteiger charge is 2.46. The third-order valence-corrected chi connectivity index (χ3v) is 4.52. The van der Waals surface area contributed by atoms with E-state index in [1.165, 1.54) is 0 Å². The van der Waals surface area contributed by atoms with E-state index in [2.05, 4.69) is 0 Å². The number of allylic oxidation sites excluding steroid dienone is 1. The maximum Gasteiger partial charge on any atom is 0.417 e. The number of aliphatic hydroxyl groups excluding tert-OH is 1. The predicted octanol–water partition coefficient (Wildman–Crippen LogP) is 0.793. The number of rotatable bonds is 12. The molecule has 3 atom stereocenters. The van der Waals surface area contributed by atoms with Crippen LogP contribution in [0.25, 0.3) is 0 Å². The Kier molecular flexibility index (Phi) is 10.3. The van der Waals surface area contributed by atoms with Crippen molar-refractivity contribution in [1.29, 1.82) is 0 Å². The van der Waals surface area contributed by atoms with Crippen LogP contribution in [0.4, 0.5) is 4.79 Å². The molecule has 10 nitrogen and oxygen atoms in total. The molecule has 2 amide bonds. The zero-order chi connectivity index (χ0) is 22.8. The molecule has 3 unspecified atom stereocenters. The Balaban J connectivity index is 3.04. The van der Waals surface area contributed by atoms with Gasteiger partial charge in [-0.05, 0) is 30.9 Å². The highest BCUT2D eigenvalue weighted by atomic mass is 16.6. The Hall–Kier alpha value is -2.59. The summed E-state index contributed by atoms with van der Waals surface area (Å²) in [6.45, 7) is 4.62. The van der Waals surface area contributed by atoms with Crippen LogP contribution >= 0.6 is 0 Å². The summed E-state index contributed by atoms with van der Waals surface area (Å²) in [5.41, 5.74) is 0. The number of carbonyl (C=O) groups is 5. The van der Waals surface area contributed by atoms with Crippen LogP contribution in [-0.2, 0) is 33.4 Å². The Labute approximate surface area is 175 Å². The summed E-state index contributed by atoms with van der Waals surface area (Å²) >= 11 is 0. The maximum absolute atomic E-state index is 13.0. The minimum absolute atomic E-state index is 0.00704. The number of nitrogens with zero attached hydrogens (tertiary/aromatic N) is 1. The molecule has 1 rings (SSSR count). The monoisotopic (exact) mass is 427 g/mol. The zero-order valence-corrected chi connectivity index (χ0v) is 17.7. The molecule has 168 valence electrons. The SMILES string of the molecule is COC(C(=O)N1C(=O)OCC1C(C)C)C(OC(C)=O)C(=O)C=CC(=O)CCCCO. The van der Waals surface area contributed by atoms with Gasteiger partial charge in [-0.1, -0.05) is 13.8 Å². The smallest absolute Gasteiger partial charge is 0.417 e. The number of imide groups is 1. The van der Waals surface area contributed by atoms with Crippen molar-refractivity contribution >= 4 is 29.5 Å². The van der Waals surface area contributed by atoms with Gasteiger partial charge in [0, 0.05) is 27.1 Å². The minimum atomic E-state index is -1.68. The van der Waals surface area contributed by atoms with E-state index in [9.17, 15) is 24.0 Å². The second-order valence-corrected chi connectivity index (χ2v) is 7.17. The molecule has 10 heteroatoms. The normalized spacial score (nSPS) is 18.4. The first-order chi connectivity index (χ1) is 14.1. The van der Waals surface area contributed by atoms with Gasteiger partial charge in [-0.2, -0.15) is 0 Å². The lowest BCUT2D eigenvalue weighted by Crippen LogP contribution is -2.53. The zero-order valence-electron chi connectivity index (χ0n) is 17.7. The first kappa shape index (κ1) is 25.4. The van der Waals surface area contributed by atoms with E-state index >= 15 is 0 Å². The molecule has 1 aliphatic heterocycles. The molecule has 1 saturated heterocycles. The highest BCUT2D eigenvalue weighted by molar-refractivity contribution is 6.05. The number of hydrogen-bond acceptors (Lipinski definition) is 9. The van der Waals surface area contributed by atoms with Gasteiger partial charge in [-0.25, -0.2) is 9.69 Å². The summed E-state index contributed by atoms with van der Waals surface area (Å²) in [6.07, 6.45) is -1.18. The lowest BCUT2D eigenvalue weighted by molar-refractivity contribution is -0.166. The Morgan fingerprint density at radius 3 is 2.40 bits per heavy atom. The van der Waals surface area contributed by atoms with Gasteiger partial charge in [0.25, 0.3) is 5.91 Å². The second-order valence-electron chi connectivity index (χ2n) is 7.17. The van der Waals surface area contributed by atoms with E-state index < -0.39 is 42.0 Å². The average Bonchev–Trinajstić information content (AvgIpc) is 3.07. The van der Waals surface area contributed by atoms with Crippen LogP contribution in [-0.4, -0.2) is 78.1 Å². The number of unbranched alkanes of at least 4 members (excludes halogenated alkanes) is 1. The summed E-state index contributed by atoms with van der Waals surface area (Å²) in [4.78, 5) is 61.8. The molecular formula is C20H29NO9. The Morgan fingerprint density at radius 1 is 1.20 bits per heavy atom. The molecule has 0 aromatic heterocycles. The van der Waals surface area contributed by atoms with Crippen molar-refractivity contribution in [2.45, 2.75) is 58.3 Å². The molecule has 0 spiro atoms. The fourth-order valence-electron chi connectivity index (χ4n) is 2.88. The fourth-order valence-corrected chi connectivity index (χ4v) is 2.88. The molecule has 0 saturated carbocycles. The van der Waals surface area contributed by atoms with Crippen LogP contribution in [0, 0.1) is 5.92 Å². The molecule has 0 aromatic rings. The first-order valence-corrected chi connectivity index (χ1v) is 9.69. The molecule has 1 fully saturated rings. The first-order valence-electron chi connectivity index (χ1n) is 9.69. The average molecular weight is 427 g/mol. The van der Waals surface area contributed by atoms with Crippen molar-refractivity contribution in [1.82, 2.24) is 4.90 Å². The molecule has 1 aliphatic rings. The van der Waals surface area contributed by atoms with Gasteiger partial charge < -0.3 is 19.3 Å². The van der Waals surface area contributed by atoms with Gasteiger partial charge in [-0.15, -0.1) is 0 Å². The summed E-state index contributed by atoms with van der Waals surface area (Å²) in [5.74, 6) is -3.02. The molecule has 1 heterocycles. The van der Waals surface area contributed by atoms with Gasteiger partial charge >= 0.3 is 12.1 Å². The van der Waals surface area contributed by atoms with Crippen LogP contribution < -0.4 is 0 Å². The van der Waals surface area contributed by atoms with E-state index in [0.717, 1.165) is 31.1 Å². The van der Waals surface area contributed by atoms with E-state index in [1.54, 1.807) is 13.8 Å². The van der Waals surface area contributed by atoms with Crippen LogP contribution in [0.1, 0.15) is 40.0 Å². The van der Waals surface area contributed by atoms with Crippen LogP contribution in [0.15, 0.2) is 12.2 Å². The number of amides is 2. The highest BCUT2D eigenvalue weighted by Crippen LogP contribution is 2.23. The van der Waals surface area contributed by atoms with E-state index in [0.29, 0.717) is 12.8 Å².